The largest absolute Gasteiger partial charge is 0.317 e. The summed E-state index contributed by atoms with van der Waals surface area (Å²) in [7, 11) is 0. The third kappa shape index (κ3) is 2.10. The molecule has 1 aliphatic carbocycles. The third-order valence-corrected chi connectivity index (χ3v) is 2.93. The molecule has 1 amide bonds. The molecule has 1 aromatic heterocycles. The fourth-order valence-corrected chi connectivity index (χ4v) is 1.55. The predicted octanol–water partition coefficient (Wildman–Crippen LogP) is 0.905. The maximum atomic E-state index is 12.1. The summed E-state index contributed by atoms with van der Waals surface area (Å²) in [6.07, 6.45) is -1.44. The van der Waals surface area contributed by atoms with Crippen LogP contribution in [0, 0.1) is 0 Å². The van der Waals surface area contributed by atoms with Crippen molar-refractivity contribution in [2.24, 2.45) is 5.73 Å². The Labute approximate surface area is 87.7 Å². The fraction of sp³-hybridized carbons (Fsp3) is 0.571. The number of carbonyl (C=O) groups excluding carboxylic acids is 1. The van der Waals surface area contributed by atoms with Crippen LogP contribution < -0.4 is 11.1 Å². The summed E-state index contributed by atoms with van der Waals surface area (Å²) in [6, 6.07) is 0. The second-order valence-corrected chi connectivity index (χ2v) is 4.37. The average molecular weight is 234 g/mol. The van der Waals surface area contributed by atoms with Crippen molar-refractivity contribution in [1.29, 1.82) is 0 Å². The summed E-state index contributed by atoms with van der Waals surface area (Å²) in [5, 5.41) is 8.67. The van der Waals surface area contributed by atoms with Crippen LogP contribution in [0.15, 0.2) is 0 Å². The van der Waals surface area contributed by atoms with Crippen molar-refractivity contribution in [3.63, 3.8) is 0 Å². The molecule has 0 aliphatic heterocycles. The maximum absolute atomic E-state index is 12.1. The van der Waals surface area contributed by atoms with Crippen LogP contribution in [-0.4, -0.2) is 21.6 Å². The van der Waals surface area contributed by atoms with Gasteiger partial charge in [-0.15, -0.1) is 10.2 Å². The zero-order valence-electron chi connectivity index (χ0n) is 7.54. The van der Waals surface area contributed by atoms with Gasteiger partial charge in [-0.2, -0.15) is 0 Å². The lowest BCUT2D eigenvalue weighted by molar-refractivity contribution is -0.118. The van der Waals surface area contributed by atoms with Crippen LogP contribution >= 0.6 is 11.3 Å². The molecule has 0 radical (unpaired) electrons. The van der Waals surface area contributed by atoms with Crippen LogP contribution in [0.2, 0.25) is 0 Å². The Hall–Kier alpha value is -1.15. The molecule has 0 aromatic carbocycles. The molecule has 15 heavy (non-hydrogen) atoms. The quantitative estimate of drug-likeness (QED) is 0.814. The molecule has 2 rings (SSSR count). The summed E-state index contributed by atoms with van der Waals surface area (Å²) >= 11 is 0.653. The van der Waals surface area contributed by atoms with Gasteiger partial charge in [-0.05, 0) is 12.8 Å². The average Bonchev–Trinajstić information content (AvgIpc) is 2.76. The van der Waals surface area contributed by atoms with Gasteiger partial charge in [-0.3, -0.25) is 10.1 Å². The lowest BCUT2D eigenvalue weighted by Crippen LogP contribution is -2.37. The van der Waals surface area contributed by atoms with Gasteiger partial charge in [0.1, 0.15) is 0 Å². The molecule has 0 bridgehead atoms. The minimum atomic E-state index is -2.67. The van der Waals surface area contributed by atoms with E-state index >= 15 is 0 Å². The topological polar surface area (TPSA) is 80.9 Å². The molecule has 8 heteroatoms. The molecular formula is C7H8F2N4OS. The van der Waals surface area contributed by atoms with Crippen LogP contribution in [-0.2, 0) is 4.79 Å². The molecule has 3 N–H and O–H groups in total. The van der Waals surface area contributed by atoms with E-state index in [2.05, 4.69) is 15.5 Å². The molecule has 1 saturated carbocycles. The van der Waals surface area contributed by atoms with E-state index in [0.29, 0.717) is 24.2 Å². The van der Waals surface area contributed by atoms with Crippen molar-refractivity contribution in [1.82, 2.24) is 10.2 Å². The summed E-state index contributed by atoms with van der Waals surface area (Å²) in [4.78, 5) is 11.4. The highest BCUT2D eigenvalue weighted by Crippen LogP contribution is 2.34. The molecule has 1 aliphatic rings. The Kier molecular flexibility index (Phi) is 2.39. The van der Waals surface area contributed by atoms with Crippen molar-refractivity contribution in [3.8, 4) is 0 Å². The van der Waals surface area contributed by atoms with Crippen LogP contribution in [0.3, 0.4) is 0 Å². The third-order valence-electron chi connectivity index (χ3n) is 2.09. The first kappa shape index (κ1) is 10.4. The Morgan fingerprint density at radius 2 is 2.20 bits per heavy atom. The Balaban J connectivity index is 2.01. The van der Waals surface area contributed by atoms with Crippen LogP contribution in [0.4, 0.5) is 13.9 Å². The van der Waals surface area contributed by atoms with Gasteiger partial charge < -0.3 is 5.73 Å². The van der Waals surface area contributed by atoms with E-state index in [0.717, 1.165) is 0 Å². The number of hydrogen-bond acceptors (Lipinski definition) is 5. The molecule has 1 fully saturated rings. The van der Waals surface area contributed by atoms with Crippen LogP contribution in [0.1, 0.15) is 24.3 Å². The number of alkyl halides is 2. The van der Waals surface area contributed by atoms with E-state index in [-0.39, 0.29) is 11.0 Å². The van der Waals surface area contributed by atoms with Gasteiger partial charge in [0.2, 0.25) is 11.0 Å². The Morgan fingerprint density at radius 3 is 2.67 bits per heavy atom. The Bertz CT molecular complexity index is 390. The monoisotopic (exact) mass is 234 g/mol. The van der Waals surface area contributed by atoms with E-state index in [9.17, 15) is 13.6 Å². The number of nitrogens with zero attached hydrogens (tertiary/aromatic N) is 2. The molecule has 82 valence electrons. The van der Waals surface area contributed by atoms with Gasteiger partial charge in [-0.25, -0.2) is 8.78 Å². The van der Waals surface area contributed by atoms with Gasteiger partial charge >= 0.3 is 0 Å². The first-order valence-electron chi connectivity index (χ1n) is 4.23. The number of nitrogens with two attached hydrogens (primary N) is 1. The molecule has 1 aromatic rings. The summed E-state index contributed by atoms with van der Waals surface area (Å²) in [5.41, 5.74) is 4.76. The van der Waals surface area contributed by atoms with Gasteiger partial charge in [-0.1, -0.05) is 11.3 Å². The van der Waals surface area contributed by atoms with E-state index in [1.165, 1.54) is 0 Å². The molecule has 5 nitrogen and oxygen atoms in total. The smallest absolute Gasteiger partial charge is 0.291 e. The molecule has 1 heterocycles. The number of aromatic nitrogens is 2. The SMILES string of the molecule is NC1(C(=O)Nc2nnc(C(F)F)s2)CC1. The van der Waals surface area contributed by atoms with Gasteiger partial charge in [0.15, 0.2) is 5.01 Å². The molecule has 0 unspecified atom stereocenters. The molecule has 0 saturated heterocycles. The van der Waals surface area contributed by atoms with Gasteiger partial charge in [0, 0.05) is 0 Å². The normalized spacial score (nSPS) is 17.9. The maximum Gasteiger partial charge on any atom is 0.291 e. The predicted molar refractivity (Wildman–Crippen MR) is 49.6 cm³/mol. The second-order valence-electron chi connectivity index (χ2n) is 3.36. The van der Waals surface area contributed by atoms with Crippen molar-refractivity contribution in [2.75, 3.05) is 5.32 Å². The van der Waals surface area contributed by atoms with Crippen molar-refractivity contribution in [3.05, 3.63) is 5.01 Å². The minimum Gasteiger partial charge on any atom is -0.317 e. The highest BCUT2D eigenvalue weighted by atomic mass is 32.1. The van der Waals surface area contributed by atoms with E-state index < -0.39 is 17.0 Å². The minimum absolute atomic E-state index is 0.0621. The fourth-order valence-electron chi connectivity index (χ4n) is 0.957. The van der Waals surface area contributed by atoms with E-state index in [4.69, 9.17) is 5.73 Å². The highest BCUT2D eigenvalue weighted by Gasteiger charge is 2.46. The number of carbonyl (C=O) groups is 1. The number of nitrogens with one attached hydrogen (secondary N) is 1. The first-order valence-corrected chi connectivity index (χ1v) is 5.05. The highest BCUT2D eigenvalue weighted by molar-refractivity contribution is 7.15. The molecule has 0 spiro atoms. The zero-order chi connectivity index (χ0) is 11.1. The van der Waals surface area contributed by atoms with Crippen LogP contribution in [0.25, 0.3) is 0 Å². The lowest BCUT2D eigenvalue weighted by atomic mass is 10.3. The van der Waals surface area contributed by atoms with Crippen molar-refractivity contribution >= 4 is 22.4 Å². The first-order chi connectivity index (χ1) is 7.01. The number of halogens is 2. The molecule has 0 atom stereocenters. The number of anilines is 1. The summed E-state index contributed by atoms with van der Waals surface area (Å²) < 4.78 is 24.3. The van der Waals surface area contributed by atoms with E-state index in [1.54, 1.807) is 0 Å². The standard InChI is InChI=1S/C7H8F2N4OS/c8-3(9)4-12-13-6(15-4)11-5(14)7(10)1-2-7/h3H,1-2,10H2,(H,11,13,14). The van der Waals surface area contributed by atoms with Gasteiger partial charge in [0.25, 0.3) is 6.43 Å². The number of hydrogen-bond donors (Lipinski definition) is 2. The molecular weight excluding hydrogens is 226 g/mol. The van der Waals surface area contributed by atoms with Crippen molar-refractivity contribution < 1.29 is 13.6 Å². The number of rotatable bonds is 3. The van der Waals surface area contributed by atoms with Crippen molar-refractivity contribution in [2.45, 2.75) is 24.8 Å². The van der Waals surface area contributed by atoms with E-state index in [1.807, 2.05) is 0 Å². The van der Waals surface area contributed by atoms with Gasteiger partial charge in [0.05, 0.1) is 5.54 Å². The Morgan fingerprint density at radius 1 is 1.53 bits per heavy atom. The van der Waals surface area contributed by atoms with Crippen LogP contribution in [0.5, 0.6) is 0 Å². The summed E-state index contributed by atoms with van der Waals surface area (Å²) in [5.74, 6) is -0.389. The summed E-state index contributed by atoms with van der Waals surface area (Å²) in [6.45, 7) is 0. The number of amides is 1. The second kappa shape index (κ2) is 3.46. The lowest BCUT2D eigenvalue weighted by Gasteiger charge is -2.05. The zero-order valence-corrected chi connectivity index (χ0v) is 8.35.